The Bertz CT molecular complexity index is 909. The molecule has 1 heterocycles. The number of rotatable bonds is 3. The fraction of sp³-hybridized carbons (Fsp3) is 0.222. The van der Waals surface area contributed by atoms with Gasteiger partial charge in [0.2, 0.25) is 0 Å². The van der Waals surface area contributed by atoms with E-state index in [9.17, 15) is 4.79 Å². The third-order valence-electron chi connectivity index (χ3n) is 3.90. The van der Waals surface area contributed by atoms with Gasteiger partial charge in [0, 0.05) is 4.47 Å². The first-order valence-electron chi connectivity index (χ1n) is 7.53. The molecule has 3 aromatic rings. The van der Waals surface area contributed by atoms with Gasteiger partial charge in [-0.1, -0.05) is 38.1 Å². The van der Waals surface area contributed by atoms with E-state index in [0.717, 1.165) is 10.2 Å². The standard InChI is InChI=1S/C18H18BrN3O.ClH/c1-11(2)16(20)17-21-14-10-6-9-13(19)15(14)18(23)22(17)12-7-4-3-5-8-12;/h3-11,16H,20H2,1-2H3;1H/t16-;/m0./s1. The highest BCUT2D eigenvalue weighted by Crippen LogP contribution is 2.24. The van der Waals surface area contributed by atoms with Gasteiger partial charge < -0.3 is 5.73 Å². The summed E-state index contributed by atoms with van der Waals surface area (Å²) < 4.78 is 2.36. The van der Waals surface area contributed by atoms with Crippen LogP contribution in [0, 0.1) is 5.92 Å². The molecule has 0 bridgehead atoms. The quantitative estimate of drug-likeness (QED) is 0.705. The van der Waals surface area contributed by atoms with Crippen LogP contribution in [-0.2, 0) is 0 Å². The van der Waals surface area contributed by atoms with E-state index in [0.29, 0.717) is 16.7 Å². The van der Waals surface area contributed by atoms with Crippen LogP contribution in [0.5, 0.6) is 0 Å². The van der Waals surface area contributed by atoms with Crippen LogP contribution in [0.25, 0.3) is 16.6 Å². The van der Waals surface area contributed by atoms with E-state index >= 15 is 0 Å². The second-order valence-electron chi connectivity index (χ2n) is 5.85. The van der Waals surface area contributed by atoms with Crippen LogP contribution in [0.2, 0.25) is 0 Å². The SMILES string of the molecule is CC(C)[C@H](N)c1nc2cccc(Br)c2c(=O)n1-c1ccccc1.Cl. The van der Waals surface area contributed by atoms with Crippen molar-refractivity contribution in [2.24, 2.45) is 11.7 Å². The van der Waals surface area contributed by atoms with Gasteiger partial charge in [-0.15, -0.1) is 12.4 Å². The highest BCUT2D eigenvalue weighted by molar-refractivity contribution is 9.10. The van der Waals surface area contributed by atoms with E-state index in [1.165, 1.54) is 0 Å². The molecule has 1 atom stereocenters. The Morgan fingerprint density at radius 1 is 1.08 bits per heavy atom. The van der Waals surface area contributed by atoms with E-state index in [1.54, 1.807) is 4.57 Å². The second-order valence-corrected chi connectivity index (χ2v) is 6.70. The summed E-state index contributed by atoms with van der Waals surface area (Å²) in [5.74, 6) is 0.753. The zero-order valence-electron chi connectivity index (χ0n) is 13.4. The Hall–Kier alpha value is -1.69. The van der Waals surface area contributed by atoms with Crippen molar-refractivity contribution >= 4 is 39.2 Å². The van der Waals surface area contributed by atoms with Crippen molar-refractivity contribution in [3.8, 4) is 5.69 Å². The smallest absolute Gasteiger partial charge is 0.267 e. The Morgan fingerprint density at radius 2 is 1.75 bits per heavy atom. The molecule has 2 N–H and O–H groups in total. The molecule has 4 nitrogen and oxygen atoms in total. The number of halogens is 2. The maximum atomic E-state index is 13.1. The first-order chi connectivity index (χ1) is 11.0. The summed E-state index contributed by atoms with van der Waals surface area (Å²) in [4.78, 5) is 17.8. The average molecular weight is 409 g/mol. The van der Waals surface area contributed by atoms with Crippen LogP contribution < -0.4 is 11.3 Å². The number of nitrogens with zero attached hydrogens (tertiary/aromatic N) is 2. The van der Waals surface area contributed by atoms with Crippen LogP contribution >= 0.6 is 28.3 Å². The predicted molar refractivity (Wildman–Crippen MR) is 104 cm³/mol. The molecule has 24 heavy (non-hydrogen) atoms. The van der Waals surface area contributed by atoms with Gasteiger partial charge >= 0.3 is 0 Å². The lowest BCUT2D eigenvalue weighted by Gasteiger charge is -2.21. The number of hydrogen-bond acceptors (Lipinski definition) is 3. The maximum Gasteiger partial charge on any atom is 0.267 e. The highest BCUT2D eigenvalue weighted by atomic mass is 79.9. The van der Waals surface area contributed by atoms with Crippen molar-refractivity contribution in [3.63, 3.8) is 0 Å². The van der Waals surface area contributed by atoms with Crippen molar-refractivity contribution < 1.29 is 0 Å². The Balaban J connectivity index is 0.00000208. The number of benzene rings is 2. The van der Waals surface area contributed by atoms with Crippen molar-refractivity contribution in [2.75, 3.05) is 0 Å². The van der Waals surface area contributed by atoms with E-state index in [4.69, 9.17) is 10.7 Å². The van der Waals surface area contributed by atoms with Gasteiger partial charge in [0.1, 0.15) is 5.82 Å². The zero-order chi connectivity index (χ0) is 16.6. The Kier molecular flexibility index (Phi) is 5.80. The predicted octanol–water partition coefficient (Wildman–Crippen LogP) is 4.23. The van der Waals surface area contributed by atoms with Gasteiger partial charge in [-0.25, -0.2) is 4.98 Å². The summed E-state index contributed by atoms with van der Waals surface area (Å²) in [7, 11) is 0. The van der Waals surface area contributed by atoms with Gasteiger partial charge in [0.15, 0.2) is 0 Å². The van der Waals surface area contributed by atoms with Crippen molar-refractivity contribution in [3.05, 3.63) is 69.2 Å². The number of fused-ring (bicyclic) bond motifs is 1. The van der Waals surface area contributed by atoms with E-state index < -0.39 is 0 Å². The molecule has 0 aliphatic heterocycles. The molecule has 2 aromatic carbocycles. The number of para-hydroxylation sites is 1. The monoisotopic (exact) mass is 407 g/mol. The van der Waals surface area contributed by atoms with Crippen LogP contribution in [-0.4, -0.2) is 9.55 Å². The van der Waals surface area contributed by atoms with Crippen LogP contribution in [0.1, 0.15) is 25.7 Å². The molecular formula is C18H19BrClN3O. The molecular weight excluding hydrogens is 390 g/mol. The topological polar surface area (TPSA) is 60.9 Å². The Labute approximate surface area is 155 Å². The van der Waals surface area contributed by atoms with Crippen LogP contribution in [0.3, 0.4) is 0 Å². The third kappa shape index (κ3) is 3.24. The minimum atomic E-state index is -0.328. The number of nitrogens with two attached hydrogens (primary N) is 1. The first-order valence-corrected chi connectivity index (χ1v) is 8.32. The highest BCUT2D eigenvalue weighted by Gasteiger charge is 2.21. The minimum Gasteiger partial charge on any atom is -0.321 e. The van der Waals surface area contributed by atoms with Crippen LogP contribution in [0.15, 0.2) is 57.8 Å². The summed E-state index contributed by atoms with van der Waals surface area (Å²) in [5, 5.41) is 0.566. The molecule has 0 fully saturated rings. The summed E-state index contributed by atoms with van der Waals surface area (Å²) in [5.41, 5.74) is 7.66. The minimum absolute atomic E-state index is 0. The van der Waals surface area contributed by atoms with Crippen molar-refractivity contribution in [2.45, 2.75) is 19.9 Å². The summed E-state index contributed by atoms with van der Waals surface area (Å²) in [6.45, 7) is 4.05. The molecule has 0 unspecified atom stereocenters. The van der Waals surface area contributed by atoms with Gasteiger partial charge in [-0.2, -0.15) is 0 Å². The molecule has 0 radical (unpaired) electrons. The molecule has 0 amide bonds. The van der Waals surface area contributed by atoms with Crippen LogP contribution in [0.4, 0.5) is 0 Å². The summed E-state index contributed by atoms with van der Waals surface area (Å²) in [6.07, 6.45) is 0. The Morgan fingerprint density at radius 3 is 2.38 bits per heavy atom. The third-order valence-corrected chi connectivity index (χ3v) is 4.56. The molecule has 0 aliphatic rings. The molecule has 6 heteroatoms. The molecule has 3 rings (SSSR count). The zero-order valence-corrected chi connectivity index (χ0v) is 15.8. The summed E-state index contributed by atoms with van der Waals surface area (Å²) in [6, 6.07) is 14.7. The van der Waals surface area contributed by atoms with Gasteiger partial charge in [-0.3, -0.25) is 9.36 Å². The lowest BCUT2D eigenvalue weighted by molar-refractivity contribution is 0.480. The molecule has 0 saturated carbocycles. The van der Waals surface area contributed by atoms with Gasteiger partial charge in [0.05, 0.1) is 22.6 Å². The lowest BCUT2D eigenvalue weighted by atomic mass is 10.0. The second kappa shape index (κ2) is 7.47. The molecule has 126 valence electrons. The van der Waals surface area contributed by atoms with E-state index in [2.05, 4.69) is 15.9 Å². The number of aromatic nitrogens is 2. The van der Waals surface area contributed by atoms with Crippen molar-refractivity contribution in [1.82, 2.24) is 9.55 Å². The largest absolute Gasteiger partial charge is 0.321 e. The fourth-order valence-corrected chi connectivity index (χ4v) is 3.08. The fourth-order valence-electron chi connectivity index (χ4n) is 2.56. The molecule has 0 saturated heterocycles. The molecule has 1 aromatic heterocycles. The normalized spacial score (nSPS) is 12.2. The molecule has 0 aliphatic carbocycles. The van der Waals surface area contributed by atoms with Gasteiger partial charge in [-0.05, 0) is 46.1 Å². The first kappa shape index (κ1) is 18.6. The van der Waals surface area contributed by atoms with Gasteiger partial charge in [0.25, 0.3) is 5.56 Å². The van der Waals surface area contributed by atoms with E-state index in [-0.39, 0.29) is 29.9 Å². The lowest BCUT2D eigenvalue weighted by Crippen LogP contribution is -2.30. The average Bonchev–Trinajstić information content (AvgIpc) is 2.54. The van der Waals surface area contributed by atoms with E-state index in [1.807, 2.05) is 62.4 Å². The maximum absolute atomic E-state index is 13.1. The number of hydrogen-bond donors (Lipinski definition) is 1. The van der Waals surface area contributed by atoms with Crippen molar-refractivity contribution in [1.29, 1.82) is 0 Å². The summed E-state index contributed by atoms with van der Waals surface area (Å²) >= 11 is 3.46. The molecule has 0 spiro atoms.